The summed E-state index contributed by atoms with van der Waals surface area (Å²) in [6.07, 6.45) is 4.83. The number of hydrogen-bond acceptors (Lipinski definition) is 10. The van der Waals surface area contributed by atoms with Crippen molar-refractivity contribution in [3.63, 3.8) is 0 Å². The second kappa shape index (κ2) is 19.4. The van der Waals surface area contributed by atoms with Gasteiger partial charge in [-0.3, -0.25) is 23.3 Å². The van der Waals surface area contributed by atoms with Gasteiger partial charge < -0.3 is 35.9 Å². The Morgan fingerprint density at radius 2 is 1.72 bits per heavy atom. The van der Waals surface area contributed by atoms with Gasteiger partial charge in [-0.2, -0.15) is 0 Å². The van der Waals surface area contributed by atoms with Crippen molar-refractivity contribution in [2.75, 3.05) is 43.6 Å². The van der Waals surface area contributed by atoms with Crippen LogP contribution in [0.4, 0.5) is 29.5 Å². The first-order chi connectivity index (χ1) is 28.2. The first-order valence-electron chi connectivity index (χ1n) is 19.6. The Kier molecular flexibility index (Phi) is 14.8. The maximum absolute atomic E-state index is 13.8. The number of allylic oxidation sites excluding steroid dienone is 5. The summed E-state index contributed by atoms with van der Waals surface area (Å²) in [5.41, 5.74) is 2.34. The molecule has 2 aromatic heterocycles. The molecule has 326 valence electrons. The fraction of sp³-hybridized carbons (Fsp3) is 0.512. The molecule has 3 aliphatic rings. The molecule has 0 saturated carbocycles. The van der Waals surface area contributed by atoms with Crippen molar-refractivity contribution in [1.29, 1.82) is 0 Å². The molecule has 4 amide bonds. The molecule has 5 atom stereocenters. The predicted molar refractivity (Wildman–Crippen MR) is 221 cm³/mol. The number of methoxy groups -OCH3 is 1. The molecule has 0 radical (unpaired) electrons. The van der Waals surface area contributed by atoms with Crippen molar-refractivity contribution >= 4 is 51.7 Å². The molecule has 0 aromatic carbocycles. The van der Waals surface area contributed by atoms with Gasteiger partial charge in [-0.05, 0) is 54.0 Å². The van der Waals surface area contributed by atoms with Gasteiger partial charge in [0, 0.05) is 54.1 Å². The van der Waals surface area contributed by atoms with Gasteiger partial charge in [-0.25, -0.2) is 14.8 Å². The van der Waals surface area contributed by atoms with Crippen molar-refractivity contribution in [2.24, 2.45) is 11.3 Å². The summed E-state index contributed by atoms with van der Waals surface area (Å²) in [6.45, 7) is 10.1. The molecule has 0 bridgehead atoms. The number of amides is 4. The maximum Gasteiger partial charge on any atom is 0.523 e. The van der Waals surface area contributed by atoms with Crippen LogP contribution in [0.1, 0.15) is 77.9 Å². The summed E-state index contributed by atoms with van der Waals surface area (Å²) in [6, 6.07) is 1.82. The first kappa shape index (κ1) is 45.8. The molecule has 1 saturated heterocycles. The number of carbonyl (C=O) groups is 4. The standard InChI is InChI=1S/C41H53F3N8O7S/c1-23(2)34(51-39(56)58-6)37(54)52-22-28(60(7)57)19-31(52)35-48-21-30(50-35)25-10-8-24(9-11-25)29-14-12-26(18-32(29)59-41(42,43)44)36(53)49-27-13-15-33(47-20-27)45-16-17-46-38(55)40(3,4)5/h8,10,12-15,20-21,23,28,31-32,34H,9,11,16-19,22H2,1-7H3,(H,45,47)(H,46,55)(H,48,50)(H,49,53)(H,51,56). The maximum atomic E-state index is 13.8. The second-order valence-electron chi connectivity index (χ2n) is 16.2. The van der Waals surface area contributed by atoms with E-state index in [1.165, 1.54) is 25.5 Å². The number of carbonyl (C=O) groups excluding carboxylic acids is 4. The van der Waals surface area contributed by atoms with E-state index in [0.717, 1.165) is 5.57 Å². The van der Waals surface area contributed by atoms with Crippen LogP contribution in [0.15, 0.2) is 65.5 Å². The highest BCUT2D eigenvalue weighted by Crippen LogP contribution is 2.39. The zero-order valence-corrected chi connectivity index (χ0v) is 35.5. The van der Waals surface area contributed by atoms with Gasteiger partial charge in [-0.15, -0.1) is 13.2 Å². The fourth-order valence-electron chi connectivity index (χ4n) is 7.03. The molecule has 5 rings (SSSR count). The highest BCUT2D eigenvalue weighted by Gasteiger charge is 2.43. The largest absolute Gasteiger partial charge is 0.523 e. The quantitative estimate of drug-likeness (QED) is 0.147. The number of ether oxygens (including phenoxy) is 2. The molecular formula is C41H53F3N8O7S. The van der Waals surface area contributed by atoms with Crippen molar-refractivity contribution in [1.82, 2.24) is 30.5 Å². The molecule has 2 aliphatic carbocycles. The first-order valence-corrected chi connectivity index (χ1v) is 21.2. The number of alkyl carbamates (subject to hydrolysis) is 1. The third-order valence-electron chi connectivity index (χ3n) is 10.4. The zero-order valence-electron chi connectivity index (χ0n) is 34.7. The van der Waals surface area contributed by atoms with E-state index in [-0.39, 0.29) is 41.5 Å². The fourth-order valence-corrected chi connectivity index (χ4v) is 7.85. The van der Waals surface area contributed by atoms with Crippen LogP contribution in [0.25, 0.3) is 5.57 Å². The third kappa shape index (κ3) is 11.9. The number of rotatable bonds is 14. The summed E-state index contributed by atoms with van der Waals surface area (Å²) < 4.78 is 62.9. The molecule has 19 heteroatoms. The van der Waals surface area contributed by atoms with Crippen LogP contribution < -0.4 is 21.3 Å². The number of hydrogen-bond donors (Lipinski definition) is 5. The number of nitrogens with zero attached hydrogens (tertiary/aromatic N) is 3. The van der Waals surface area contributed by atoms with Gasteiger partial charge in [0.15, 0.2) is 0 Å². The zero-order chi connectivity index (χ0) is 43.9. The number of H-pyrrole nitrogens is 1. The number of halogens is 3. The second-order valence-corrected chi connectivity index (χ2v) is 17.8. The minimum Gasteiger partial charge on any atom is -0.453 e. The highest BCUT2D eigenvalue weighted by molar-refractivity contribution is 7.84. The molecule has 60 heavy (non-hydrogen) atoms. The topological polar surface area (TPSA) is 197 Å². The summed E-state index contributed by atoms with van der Waals surface area (Å²) in [4.78, 5) is 64.8. The van der Waals surface area contributed by atoms with E-state index in [4.69, 9.17) is 4.74 Å². The predicted octanol–water partition coefficient (Wildman–Crippen LogP) is 5.68. The molecule has 5 unspecified atom stereocenters. The summed E-state index contributed by atoms with van der Waals surface area (Å²) in [5, 5.41) is 10.9. The van der Waals surface area contributed by atoms with Gasteiger partial charge in [0.25, 0.3) is 5.91 Å². The van der Waals surface area contributed by atoms with Crippen LogP contribution >= 0.6 is 0 Å². The number of likely N-dealkylation sites (tertiary alicyclic amines) is 1. The van der Waals surface area contributed by atoms with E-state index in [0.29, 0.717) is 66.5 Å². The van der Waals surface area contributed by atoms with Crippen LogP contribution in [0, 0.1) is 11.3 Å². The van der Waals surface area contributed by atoms with Crippen molar-refractivity contribution in [3.8, 4) is 0 Å². The number of pyridine rings is 1. The lowest BCUT2D eigenvalue weighted by Crippen LogP contribution is -2.51. The Hall–Kier alpha value is -5.30. The molecule has 0 spiro atoms. The summed E-state index contributed by atoms with van der Waals surface area (Å²) in [7, 11) is -0.0218. The SMILES string of the molecule is COC(=O)NC(C(=O)N1CC(S(C)=O)CC1c1ncc(C2=CC=C(C3=CC=C(C(=O)Nc4ccc(NCCNC(=O)C(C)(C)C)nc4)CC3OC(F)(F)F)CC2)[nH]1)C(C)C. The van der Waals surface area contributed by atoms with Crippen molar-refractivity contribution < 1.29 is 46.0 Å². The van der Waals surface area contributed by atoms with Gasteiger partial charge >= 0.3 is 12.5 Å². The average Bonchev–Trinajstić information content (AvgIpc) is 3.86. The van der Waals surface area contributed by atoms with Crippen LogP contribution in [-0.4, -0.2) is 105 Å². The molecule has 2 aromatic rings. The smallest absolute Gasteiger partial charge is 0.453 e. The minimum absolute atomic E-state index is 0.0797. The Morgan fingerprint density at radius 3 is 2.32 bits per heavy atom. The lowest BCUT2D eigenvalue weighted by atomic mass is 9.84. The number of imidazole rings is 1. The Bertz CT molecular complexity index is 2070. The molecule has 5 N–H and O–H groups in total. The van der Waals surface area contributed by atoms with Crippen molar-refractivity contribution in [3.05, 3.63) is 77.1 Å². The van der Waals surface area contributed by atoms with Gasteiger partial charge in [-0.1, -0.05) is 58.9 Å². The molecule has 3 heterocycles. The van der Waals surface area contributed by atoms with Gasteiger partial charge in [0.1, 0.15) is 17.7 Å². The third-order valence-corrected chi connectivity index (χ3v) is 11.7. The Labute approximate surface area is 349 Å². The minimum atomic E-state index is -4.96. The number of aromatic amines is 1. The van der Waals surface area contributed by atoms with E-state index in [9.17, 15) is 36.6 Å². The number of nitrogens with one attached hydrogen (secondary N) is 5. The van der Waals surface area contributed by atoms with Crippen LogP contribution in [0.2, 0.25) is 0 Å². The van der Waals surface area contributed by atoms with E-state index in [1.54, 1.807) is 55.5 Å². The van der Waals surface area contributed by atoms with Gasteiger partial charge in [0.2, 0.25) is 11.8 Å². The lowest BCUT2D eigenvalue weighted by molar-refractivity contribution is -0.337. The monoisotopic (exact) mass is 858 g/mol. The average molecular weight is 859 g/mol. The van der Waals surface area contributed by atoms with Crippen molar-refractivity contribution in [2.45, 2.75) is 90.1 Å². The molecule has 1 aliphatic heterocycles. The molecule has 1 fully saturated rings. The van der Waals surface area contributed by atoms with E-state index in [2.05, 4.69) is 41.0 Å². The van der Waals surface area contributed by atoms with Crippen LogP contribution in [-0.2, 0) is 34.7 Å². The van der Waals surface area contributed by atoms with Gasteiger partial charge in [0.05, 0.1) is 48.3 Å². The van der Waals surface area contributed by atoms with E-state index >= 15 is 0 Å². The summed E-state index contributed by atoms with van der Waals surface area (Å²) >= 11 is 0. The Balaban J connectivity index is 1.27. The number of alkyl halides is 3. The van der Waals surface area contributed by atoms with E-state index < -0.39 is 52.8 Å². The Morgan fingerprint density at radius 1 is 1.00 bits per heavy atom. The summed E-state index contributed by atoms with van der Waals surface area (Å²) in [5.74, 6) is -0.299. The molecule has 15 nitrogen and oxygen atoms in total. The highest BCUT2D eigenvalue weighted by atomic mass is 32.2. The van der Waals surface area contributed by atoms with E-state index in [1.807, 2.05) is 20.8 Å². The number of aromatic nitrogens is 3. The van der Waals surface area contributed by atoms with Crippen LogP contribution in [0.5, 0.6) is 0 Å². The lowest BCUT2D eigenvalue weighted by Gasteiger charge is -2.30. The number of anilines is 2. The van der Waals surface area contributed by atoms with Crippen LogP contribution in [0.3, 0.4) is 0 Å². The molecular weight excluding hydrogens is 806 g/mol. The normalized spacial score (nSPS) is 20.6.